The number of carboxylic acids is 1. The van der Waals surface area contributed by atoms with Crippen molar-refractivity contribution >= 4 is 16.2 Å². The highest BCUT2D eigenvalue weighted by molar-refractivity contribution is 7.87. The molecule has 0 amide bonds. The third-order valence-corrected chi connectivity index (χ3v) is 4.02. The lowest BCUT2D eigenvalue weighted by Gasteiger charge is -2.15. The zero-order valence-corrected chi connectivity index (χ0v) is 11.1. The SMILES string of the molecule is O=C(O)C(Cc1ccccc1)NS(=O)(=O)NC1CC1. The highest BCUT2D eigenvalue weighted by Crippen LogP contribution is 2.19. The largest absolute Gasteiger partial charge is 0.480 e. The van der Waals surface area contributed by atoms with Gasteiger partial charge in [0.15, 0.2) is 0 Å². The van der Waals surface area contributed by atoms with Gasteiger partial charge in [-0.2, -0.15) is 17.9 Å². The maximum absolute atomic E-state index is 11.7. The third kappa shape index (κ3) is 4.62. The van der Waals surface area contributed by atoms with E-state index in [9.17, 15) is 13.2 Å². The highest BCUT2D eigenvalue weighted by Gasteiger charge is 2.30. The van der Waals surface area contributed by atoms with Crippen LogP contribution in [0.25, 0.3) is 0 Å². The molecule has 2 rings (SSSR count). The quantitative estimate of drug-likeness (QED) is 0.669. The topological polar surface area (TPSA) is 95.5 Å². The van der Waals surface area contributed by atoms with Gasteiger partial charge in [-0.05, 0) is 24.8 Å². The van der Waals surface area contributed by atoms with E-state index in [0.717, 1.165) is 18.4 Å². The van der Waals surface area contributed by atoms with Gasteiger partial charge in [-0.25, -0.2) is 0 Å². The van der Waals surface area contributed by atoms with Crippen molar-refractivity contribution in [2.75, 3.05) is 0 Å². The Morgan fingerprint density at radius 3 is 2.47 bits per heavy atom. The van der Waals surface area contributed by atoms with Crippen LogP contribution in [0.3, 0.4) is 0 Å². The molecule has 1 unspecified atom stereocenters. The van der Waals surface area contributed by atoms with Crippen LogP contribution in [0, 0.1) is 0 Å². The van der Waals surface area contributed by atoms with E-state index in [1.807, 2.05) is 6.07 Å². The average Bonchev–Trinajstić information content (AvgIpc) is 3.12. The monoisotopic (exact) mass is 284 g/mol. The molecule has 0 heterocycles. The van der Waals surface area contributed by atoms with Crippen molar-refractivity contribution in [1.29, 1.82) is 0 Å². The summed E-state index contributed by atoms with van der Waals surface area (Å²) in [4.78, 5) is 11.1. The van der Waals surface area contributed by atoms with E-state index in [1.165, 1.54) is 0 Å². The first-order chi connectivity index (χ1) is 8.96. The Balaban J connectivity index is 2.01. The van der Waals surface area contributed by atoms with E-state index >= 15 is 0 Å². The molecule has 0 radical (unpaired) electrons. The first-order valence-corrected chi connectivity index (χ1v) is 7.51. The van der Waals surface area contributed by atoms with Crippen molar-refractivity contribution in [2.24, 2.45) is 0 Å². The normalized spacial score (nSPS) is 17.1. The molecule has 1 aromatic carbocycles. The molecule has 1 atom stereocenters. The second-order valence-corrected chi connectivity index (χ2v) is 6.07. The molecule has 19 heavy (non-hydrogen) atoms. The van der Waals surface area contributed by atoms with Gasteiger partial charge in [0.1, 0.15) is 6.04 Å². The summed E-state index contributed by atoms with van der Waals surface area (Å²) < 4.78 is 28.0. The fourth-order valence-corrected chi connectivity index (χ4v) is 2.97. The summed E-state index contributed by atoms with van der Waals surface area (Å²) >= 11 is 0. The minimum Gasteiger partial charge on any atom is -0.480 e. The summed E-state index contributed by atoms with van der Waals surface area (Å²) in [6.45, 7) is 0. The van der Waals surface area contributed by atoms with Crippen LogP contribution >= 0.6 is 0 Å². The van der Waals surface area contributed by atoms with Gasteiger partial charge in [0, 0.05) is 6.04 Å². The smallest absolute Gasteiger partial charge is 0.322 e. The van der Waals surface area contributed by atoms with Crippen LogP contribution in [0.4, 0.5) is 0 Å². The van der Waals surface area contributed by atoms with Gasteiger partial charge >= 0.3 is 5.97 Å². The summed E-state index contributed by atoms with van der Waals surface area (Å²) in [6, 6.07) is 7.69. The predicted molar refractivity (Wildman–Crippen MR) is 69.8 cm³/mol. The van der Waals surface area contributed by atoms with Crippen molar-refractivity contribution in [2.45, 2.75) is 31.3 Å². The maximum atomic E-state index is 11.7. The number of rotatable bonds is 7. The zero-order valence-electron chi connectivity index (χ0n) is 10.2. The molecule has 3 N–H and O–H groups in total. The third-order valence-electron chi connectivity index (χ3n) is 2.78. The van der Waals surface area contributed by atoms with Crippen molar-refractivity contribution in [3.63, 3.8) is 0 Å². The van der Waals surface area contributed by atoms with E-state index in [1.54, 1.807) is 24.3 Å². The molecule has 1 fully saturated rings. The Morgan fingerprint density at radius 2 is 1.95 bits per heavy atom. The molecule has 0 bridgehead atoms. The Bertz CT molecular complexity index is 540. The fourth-order valence-electron chi connectivity index (χ4n) is 1.67. The lowest BCUT2D eigenvalue weighted by molar-refractivity contribution is -0.138. The Labute approximate surface area is 112 Å². The maximum Gasteiger partial charge on any atom is 0.322 e. The summed E-state index contributed by atoms with van der Waals surface area (Å²) in [5.74, 6) is -1.19. The number of hydrogen-bond donors (Lipinski definition) is 3. The first kappa shape index (κ1) is 14.0. The molecule has 104 valence electrons. The van der Waals surface area contributed by atoms with Gasteiger partial charge in [-0.3, -0.25) is 4.79 Å². The number of carbonyl (C=O) groups is 1. The van der Waals surface area contributed by atoms with Gasteiger partial charge in [0.25, 0.3) is 10.2 Å². The number of nitrogens with one attached hydrogen (secondary N) is 2. The van der Waals surface area contributed by atoms with Crippen molar-refractivity contribution in [3.05, 3.63) is 35.9 Å². The van der Waals surface area contributed by atoms with Crippen LogP contribution in [0.1, 0.15) is 18.4 Å². The van der Waals surface area contributed by atoms with Crippen LogP contribution < -0.4 is 9.44 Å². The summed E-state index contributed by atoms with van der Waals surface area (Å²) in [7, 11) is -3.76. The van der Waals surface area contributed by atoms with E-state index in [4.69, 9.17) is 5.11 Å². The Kier molecular flexibility index (Phi) is 4.18. The molecule has 1 aromatic rings. The number of aliphatic carboxylic acids is 1. The molecule has 0 spiro atoms. The molecule has 0 saturated heterocycles. The summed E-state index contributed by atoms with van der Waals surface area (Å²) in [5.41, 5.74) is 0.768. The molecule has 1 saturated carbocycles. The minimum atomic E-state index is -3.76. The standard InChI is InChI=1S/C12H16N2O4S/c15-12(16)11(8-9-4-2-1-3-5-9)14-19(17,18)13-10-6-7-10/h1-5,10-11,13-14H,6-8H2,(H,15,16). The summed E-state index contributed by atoms with van der Waals surface area (Å²) in [5, 5.41) is 9.09. The van der Waals surface area contributed by atoms with Gasteiger partial charge in [0.05, 0.1) is 0 Å². The molecule has 1 aliphatic rings. The van der Waals surface area contributed by atoms with Crippen LogP contribution in [0.2, 0.25) is 0 Å². The Morgan fingerprint density at radius 1 is 1.32 bits per heavy atom. The van der Waals surface area contributed by atoms with Crippen molar-refractivity contribution < 1.29 is 18.3 Å². The van der Waals surface area contributed by atoms with Crippen LogP contribution in [0.15, 0.2) is 30.3 Å². The zero-order chi connectivity index (χ0) is 13.9. The second-order valence-electron chi connectivity index (χ2n) is 4.59. The van der Waals surface area contributed by atoms with E-state index in [0.29, 0.717) is 0 Å². The average molecular weight is 284 g/mol. The number of carboxylic acid groups (broad SMARTS) is 1. The second kappa shape index (κ2) is 5.68. The van der Waals surface area contributed by atoms with E-state index in [-0.39, 0.29) is 12.5 Å². The molecule has 1 aliphatic carbocycles. The molecule has 0 aliphatic heterocycles. The van der Waals surface area contributed by atoms with Crippen LogP contribution in [-0.4, -0.2) is 31.6 Å². The molecule has 7 heteroatoms. The minimum absolute atomic E-state index is 0.0522. The predicted octanol–water partition coefficient (Wildman–Crippen LogP) is 0.269. The number of benzene rings is 1. The molecule has 6 nitrogen and oxygen atoms in total. The number of hydrogen-bond acceptors (Lipinski definition) is 3. The first-order valence-electron chi connectivity index (χ1n) is 6.02. The highest BCUT2D eigenvalue weighted by atomic mass is 32.2. The lowest BCUT2D eigenvalue weighted by Crippen LogP contribution is -2.48. The molecular weight excluding hydrogens is 268 g/mol. The summed E-state index contributed by atoms with van der Waals surface area (Å²) in [6.07, 6.45) is 1.72. The van der Waals surface area contributed by atoms with E-state index in [2.05, 4.69) is 9.44 Å². The Hall–Kier alpha value is -1.44. The van der Waals surface area contributed by atoms with Gasteiger partial charge in [-0.1, -0.05) is 30.3 Å². The lowest BCUT2D eigenvalue weighted by atomic mass is 10.1. The van der Waals surface area contributed by atoms with Gasteiger partial charge < -0.3 is 5.11 Å². The van der Waals surface area contributed by atoms with Gasteiger partial charge in [-0.15, -0.1) is 0 Å². The van der Waals surface area contributed by atoms with Crippen LogP contribution in [-0.2, 0) is 21.4 Å². The van der Waals surface area contributed by atoms with E-state index < -0.39 is 22.2 Å². The van der Waals surface area contributed by atoms with Crippen molar-refractivity contribution in [1.82, 2.24) is 9.44 Å². The van der Waals surface area contributed by atoms with Gasteiger partial charge in [0.2, 0.25) is 0 Å². The molecular formula is C12H16N2O4S. The fraction of sp³-hybridized carbons (Fsp3) is 0.417. The van der Waals surface area contributed by atoms with Crippen molar-refractivity contribution in [3.8, 4) is 0 Å². The molecule has 0 aromatic heterocycles. The van der Waals surface area contributed by atoms with Crippen LogP contribution in [0.5, 0.6) is 0 Å².